The van der Waals surface area contributed by atoms with Crippen LogP contribution in [0.25, 0.3) is 10.9 Å². The summed E-state index contributed by atoms with van der Waals surface area (Å²) >= 11 is 0. The topological polar surface area (TPSA) is 26.2 Å². The van der Waals surface area contributed by atoms with Crippen molar-refractivity contribution in [2.24, 2.45) is 0 Å². The van der Waals surface area contributed by atoms with Crippen LogP contribution >= 0.6 is 0 Å². The van der Waals surface area contributed by atoms with Gasteiger partial charge in [-0.3, -0.25) is 0 Å². The van der Waals surface area contributed by atoms with Gasteiger partial charge < -0.3 is 14.6 Å². The third-order valence-corrected chi connectivity index (χ3v) is 4.27. The second-order valence-electron chi connectivity index (χ2n) is 7.51. The third-order valence-electron chi connectivity index (χ3n) is 4.27. The van der Waals surface area contributed by atoms with Gasteiger partial charge in [0.05, 0.1) is 13.2 Å². The van der Waals surface area contributed by atoms with E-state index in [4.69, 9.17) is 4.74 Å². The lowest BCUT2D eigenvalue weighted by molar-refractivity contribution is 0.114. The number of rotatable bonds is 7. The summed E-state index contributed by atoms with van der Waals surface area (Å²) in [5.41, 5.74) is 3.95. The first kappa shape index (κ1) is 17.7. The maximum atomic E-state index is 5.86. The van der Waals surface area contributed by atoms with E-state index in [2.05, 4.69) is 73.3 Å². The van der Waals surface area contributed by atoms with Gasteiger partial charge in [0, 0.05) is 35.7 Å². The molecule has 2 aromatic carbocycles. The van der Waals surface area contributed by atoms with Crippen LogP contribution in [0.5, 0.6) is 0 Å². The van der Waals surface area contributed by atoms with Gasteiger partial charge in [-0.15, -0.1) is 0 Å². The summed E-state index contributed by atoms with van der Waals surface area (Å²) in [6.07, 6.45) is 2.26. The van der Waals surface area contributed by atoms with Gasteiger partial charge in [-0.1, -0.05) is 48.5 Å². The molecule has 3 heteroatoms. The lowest BCUT2D eigenvalue weighted by atomic mass is 10.1. The van der Waals surface area contributed by atoms with Crippen LogP contribution in [-0.2, 0) is 24.4 Å². The Hall–Kier alpha value is -2.10. The van der Waals surface area contributed by atoms with Gasteiger partial charge in [0.15, 0.2) is 0 Å². The first-order valence-corrected chi connectivity index (χ1v) is 8.96. The standard InChI is InChI=1S/C22H28N2O/c1-22(2,3)23-15-19-16-24(21-12-8-7-11-20(19)21)13-14-25-17-18-9-5-4-6-10-18/h4-12,16,23H,13-15,17H2,1-3H3. The summed E-state index contributed by atoms with van der Waals surface area (Å²) in [4.78, 5) is 0. The van der Waals surface area contributed by atoms with Crippen LogP contribution in [0.2, 0.25) is 0 Å². The van der Waals surface area contributed by atoms with Crippen molar-refractivity contribution in [3.05, 3.63) is 71.9 Å². The fourth-order valence-electron chi connectivity index (χ4n) is 2.94. The lowest BCUT2D eigenvalue weighted by Crippen LogP contribution is -2.34. The molecule has 0 fully saturated rings. The van der Waals surface area contributed by atoms with Crippen molar-refractivity contribution in [1.82, 2.24) is 9.88 Å². The Morgan fingerprint density at radius 3 is 2.44 bits per heavy atom. The molecule has 0 bridgehead atoms. The Kier molecular flexibility index (Phi) is 5.57. The van der Waals surface area contributed by atoms with Gasteiger partial charge in [-0.25, -0.2) is 0 Å². The maximum absolute atomic E-state index is 5.86. The number of hydrogen-bond donors (Lipinski definition) is 1. The van der Waals surface area contributed by atoms with Crippen LogP contribution in [-0.4, -0.2) is 16.7 Å². The molecular formula is C22H28N2O. The molecule has 0 amide bonds. The zero-order valence-electron chi connectivity index (χ0n) is 15.5. The first-order chi connectivity index (χ1) is 12.0. The number of nitrogens with zero attached hydrogens (tertiary/aromatic N) is 1. The molecule has 3 aromatic rings. The molecule has 1 heterocycles. The highest BCUT2D eigenvalue weighted by atomic mass is 16.5. The van der Waals surface area contributed by atoms with E-state index in [0.29, 0.717) is 13.2 Å². The fourth-order valence-corrected chi connectivity index (χ4v) is 2.94. The van der Waals surface area contributed by atoms with E-state index in [0.717, 1.165) is 13.1 Å². The average molecular weight is 336 g/mol. The number of fused-ring (bicyclic) bond motifs is 1. The smallest absolute Gasteiger partial charge is 0.0717 e. The van der Waals surface area contributed by atoms with Crippen LogP contribution in [0.1, 0.15) is 31.9 Å². The zero-order chi connectivity index (χ0) is 17.7. The van der Waals surface area contributed by atoms with Crippen LogP contribution < -0.4 is 5.32 Å². The maximum Gasteiger partial charge on any atom is 0.0717 e. The summed E-state index contributed by atoms with van der Waals surface area (Å²) < 4.78 is 8.17. The summed E-state index contributed by atoms with van der Waals surface area (Å²) in [6.45, 7) is 9.71. The lowest BCUT2D eigenvalue weighted by Gasteiger charge is -2.20. The van der Waals surface area contributed by atoms with Crippen molar-refractivity contribution in [3.63, 3.8) is 0 Å². The molecule has 25 heavy (non-hydrogen) atoms. The zero-order valence-corrected chi connectivity index (χ0v) is 15.5. The minimum Gasteiger partial charge on any atom is -0.375 e. The van der Waals surface area contributed by atoms with Gasteiger partial charge in [0.25, 0.3) is 0 Å². The predicted octanol–water partition coefficient (Wildman–Crippen LogP) is 4.75. The second kappa shape index (κ2) is 7.85. The van der Waals surface area contributed by atoms with Crippen molar-refractivity contribution in [3.8, 4) is 0 Å². The molecule has 3 nitrogen and oxygen atoms in total. The number of hydrogen-bond acceptors (Lipinski definition) is 2. The molecule has 0 spiro atoms. The first-order valence-electron chi connectivity index (χ1n) is 8.96. The van der Waals surface area contributed by atoms with Gasteiger partial charge in [-0.05, 0) is 38.0 Å². The Balaban J connectivity index is 1.64. The van der Waals surface area contributed by atoms with E-state index >= 15 is 0 Å². The summed E-state index contributed by atoms with van der Waals surface area (Å²) in [7, 11) is 0. The Bertz CT molecular complexity index is 800. The van der Waals surface area contributed by atoms with Crippen LogP contribution in [0.3, 0.4) is 0 Å². The molecule has 132 valence electrons. The average Bonchev–Trinajstić information content (AvgIpc) is 2.95. The van der Waals surface area contributed by atoms with E-state index in [-0.39, 0.29) is 5.54 Å². The van der Waals surface area contributed by atoms with Gasteiger partial charge >= 0.3 is 0 Å². The highest BCUT2D eigenvalue weighted by Crippen LogP contribution is 2.22. The SMILES string of the molecule is CC(C)(C)NCc1cn(CCOCc2ccccc2)c2ccccc12. The highest BCUT2D eigenvalue weighted by molar-refractivity contribution is 5.83. The van der Waals surface area contributed by atoms with E-state index in [1.165, 1.54) is 22.0 Å². The normalized spacial score (nSPS) is 12.0. The molecule has 0 aliphatic rings. The highest BCUT2D eigenvalue weighted by Gasteiger charge is 2.12. The van der Waals surface area contributed by atoms with Crippen LogP contribution in [0.4, 0.5) is 0 Å². The van der Waals surface area contributed by atoms with Gasteiger partial charge in [0.2, 0.25) is 0 Å². The van der Waals surface area contributed by atoms with Gasteiger partial charge in [0.1, 0.15) is 0 Å². The van der Waals surface area contributed by atoms with Crippen LogP contribution in [0, 0.1) is 0 Å². The molecule has 0 aliphatic carbocycles. The fraction of sp³-hybridized carbons (Fsp3) is 0.364. The summed E-state index contributed by atoms with van der Waals surface area (Å²) in [5.74, 6) is 0. The van der Waals surface area contributed by atoms with Crippen molar-refractivity contribution in [1.29, 1.82) is 0 Å². The predicted molar refractivity (Wildman–Crippen MR) is 105 cm³/mol. The molecule has 0 aliphatic heterocycles. The van der Waals surface area contributed by atoms with Crippen molar-refractivity contribution >= 4 is 10.9 Å². The van der Waals surface area contributed by atoms with Crippen molar-refractivity contribution in [2.45, 2.75) is 46.0 Å². The molecule has 0 radical (unpaired) electrons. The quantitative estimate of drug-likeness (QED) is 0.630. The number of ether oxygens (including phenoxy) is 1. The van der Waals surface area contributed by atoms with E-state index in [9.17, 15) is 0 Å². The summed E-state index contributed by atoms with van der Waals surface area (Å²) in [6, 6.07) is 18.9. The van der Waals surface area contributed by atoms with Crippen molar-refractivity contribution in [2.75, 3.05) is 6.61 Å². The summed E-state index contributed by atoms with van der Waals surface area (Å²) in [5, 5.41) is 4.91. The van der Waals surface area contributed by atoms with E-state index in [1.807, 2.05) is 18.2 Å². The molecule has 3 rings (SSSR count). The molecule has 0 atom stereocenters. The minimum atomic E-state index is 0.113. The Labute approximate surface area is 150 Å². The molecule has 1 aromatic heterocycles. The number of aromatic nitrogens is 1. The Morgan fingerprint density at radius 1 is 0.960 bits per heavy atom. The van der Waals surface area contributed by atoms with E-state index in [1.54, 1.807) is 0 Å². The third kappa shape index (κ3) is 4.94. The number of nitrogens with one attached hydrogen (secondary N) is 1. The van der Waals surface area contributed by atoms with Crippen LogP contribution in [0.15, 0.2) is 60.8 Å². The molecule has 0 saturated carbocycles. The molecule has 0 unspecified atom stereocenters. The number of benzene rings is 2. The Morgan fingerprint density at radius 2 is 1.68 bits per heavy atom. The van der Waals surface area contributed by atoms with Crippen molar-refractivity contribution < 1.29 is 4.74 Å². The molecule has 1 N–H and O–H groups in total. The minimum absolute atomic E-state index is 0.113. The second-order valence-corrected chi connectivity index (χ2v) is 7.51. The van der Waals surface area contributed by atoms with Gasteiger partial charge in [-0.2, -0.15) is 0 Å². The number of para-hydroxylation sites is 1. The largest absolute Gasteiger partial charge is 0.375 e. The van der Waals surface area contributed by atoms with E-state index < -0.39 is 0 Å². The molecular weight excluding hydrogens is 308 g/mol. The monoisotopic (exact) mass is 336 g/mol. The molecule has 0 saturated heterocycles.